The molecule has 0 spiro atoms. The Hall–Kier alpha value is -3.12. The van der Waals surface area contributed by atoms with Gasteiger partial charge < -0.3 is 4.90 Å². The number of aromatic nitrogens is 1. The average Bonchev–Trinajstić information content (AvgIpc) is 2.77. The molecule has 3 rings (SSSR count). The van der Waals surface area contributed by atoms with E-state index in [1.54, 1.807) is 43.3 Å². The predicted molar refractivity (Wildman–Crippen MR) is 117 cm³/mol. The van der Waals surface area contributed by atoms with E-state index in [0.29, 0.717) is 22.3 Å². The van der Waals surface area contributed by atoms with Gasteiger partial charge in [-0.05, 0) is 47.9 Å². The molecule has 0 atom stereocenters. The van der Waals surface area contributed by atoms with Gasteiger partial charge in [0.05, 0.1) is 10.7 Å². The van der Waals surface area contributed by atoms with E-state index >= 15 is 0 Å². The first kappa shape index (κ1) is 22.6. The molecule has 0 saturated carbocycles. The molecule has 0 aliphatic carbocycles. The van der Waals surface area contributed by atoms with E-state index in [0.717, 1.165) is 0 Å². The Bertz CT molecular complexity index is 1130. The summed E-state index contributed by atoms with van der Waals surface area (Å²) in [5, 5.41) is 0.233. The second kappa shape index (κ2) is 9.79. The lowest BCUT2D eigenvalue weighted by molar-refractivity contribution is -0.118. The fraction of sp³-hybridized carbons (Fsp3) is 0.208. The van der Waals surface area contributed by atoms with Crippen molar-refractivity contribution in [3.05, 3.63) is 82.6 Å². The molecule has 0 aliphatic rings. The van der Waals surface area contributed by atoms with Crippen molar-refractivity contribution in [3.63, 3.8) is 0 Å². The number of nitrogens with zero attached hydrogens (tertiary/aromatic N) is 2. The summed E-state index contributed by atoms with van der Waals surface area (Å²) >= 11 is 6.32. The van der Waals surface area contributed by atoms with Crippen molar-refractivity contribution in [3.8, 4) is 11.1 Å². The van der Waals surface area contributed by atoms with Gasteiger partial charge in [-0.15, -0.1) is 0 Å². The van der Waals surface area contributed by atoms with Crippen LogP contribution in [-0.2, 0) is 11.2 Å². The molecule has 160 valence electrons. The normalized spacial score (nSPS) is 10.7. The van der Waals surface area contributed by atoms with Crippen LogP contribution in [0.25, 0.3) is 11.1 Å². The van der Waals surface area contributed by atoms with Gasteiger partial charge in [-0.2, -0.15) is 4.39 Å². The van der Waals surface area contributed by atoms with Crippen LogP contribution in [0.2, 0.25) is 5.02 Å². The number of rotatable bonds is 7. The van der Waals surface area contributed by atoms with Crippen LogP contribution < -0.4 is 4.90 Å². The number of pyridine rings is 1. The van der Waals surface area contributed by atoms with E-state index in [1.807, 2.05) is 0 Å². The Kier molecular flexibility index (Phi) is 7.13. The third kappa shape index (κ3) is 5.14. The van der Waals surface area contributed by atoms with E-state index in [4.69, 9.17) is 11.6 Å². The lowest BCUT2D eigenvalue weighted by Crippen LogP contribution is -2.25. The van der Waals surface area contributed by atoms with Crippen LogP contribution in [0.15, 0.2) is 54.7 Å². The largest absolute Gasteiger partial charge is 0.313 e. The third-order valence-electron chi connectivity index (χ3n) is 5.05. The molecular weight excluding hydrogens is 422 g/mol. The zero-order chi connectivity index (χ0) is 22.5. The summed E-state index contributed by atoms with van der Waals surface area (Å²) in [5.41, 5.74) is 2.08. The number of benzene rings is 2. The van der Waals surface area contributed by atoms with Crippen LogP contribution in [0.3, 0.4) is 0 Å². The lowest BCUT2D eigenvalue weighted by atomic mass is 9.99. The van der Waals surface area contributed by atoms with Gasteiger partial charge in [0.15, 0.2) is 5.78 Å². The van der Waals surface area contributed by atoms with Gasteiger partial charge in [-0.3, -0.25) is 9.59 Å². The molecule has 2 aromatic carbocycles. The molecule has 0 aliphatic heterocycles. The maximum Gasteiger partial charge on any atom is 0.226 e. The molecule has 0 bridgehead atoms. The topological polar surface area (TPSA) is 50.3 Å². The molecule has 1 amide bonds. The molecule has 0 fully saturated rings. The number of halogens is 3. The lowest BCUT2D eigenvalue weighted by Gasteiger charge is -2.18. The molecule has 1 aromatic heterocycles. The number of carbonyl (C=O) groups excluding carboxylic acids is 2. The molecular formula is C24H21ClF2N2O2. The highest BCUT2D eigenvalue weighted by atomic mass is 35.5. The molecule has 0 unspecified atom stereocenters. The fourth-order valence-corrected chi connectivity index (χ4v) is 3.53. The van der Waals surface area contributed by atoms with Gasteiger partial charge >= 0.3 is 0 Å². The van der Waals surface area contributed by atoms with Crippen LogP contribution in [0.5, 0.6) is 0 Å². The highest BCUT2D eigenvalue weighted by molar-refractivity contribution is 6.34. The van der Waals surface area contributed by atoms with Crippen molar-refractivity contribution < 1.29 is 18.4 Å². The number of anilines is 1. The monoisotopic (exact) mass is 442 g/mol. The molecule has 1 heterocycles. The molecule has 31 heavy (non-hydrogen) atoms. The third-order valence-corrected chi connectivity index (χ3v) is 5.36. The number of Topliss-reactive ketones (excluding diaryl/α,β-unsaturated/α-hetero) is 1. The van der Waals surface area contributed by atoms with E-state index in [9.17, 15) is 18.4 Å². The summed E-state index contributed by atoms with van der Waals surface area (Å²) in [5.74, 6) is -1.53. The summed E-state index contributed by atoms with van der Waals surface area (Å²) in [6, 6.07) is 12.6. The highest BCUT2D eigenvalue weighted by Crippen LogP contribution is 2.30. The van der Waals surface area contributed by atoms with Gasteiger partial charge in [0.25, 0.3) is 0 Å². The van der Waals surface area contributed by atoms with E-state index in [-0.39, 0.29) is 41.7 Å². The van der Waals surface area contributed by atoms with Crippen LogP contribution >= 0.6 is 11.6 Å². The number of hydrogen-bond donors (Lipinski definition) is 0. The number of hydrogen-bond acceptors (Lipinski definition) is 3. The van der Waals surface area contributed by atoms with Gasteiger partial charge in [0, 0.05) is 37.2 Å². The molecule has 7 heteroatoms. The quantitative estimate of drug-likeness (QED) is 0.339. The molecule has 0 radical (unpaired) electrons. The zero-order valence-electron chi connectivity index (χ0n) is 17.2. The number of carbonyl (C=O) groups is 2. The Morgan fingerprint density at radius 2 is 1.77 bits per heavy atom. The van der Waals surface area contributed by atoms with Crippen molar-refractivity contribution in [2.75, 3.05) is 11.9 Å². The smallest absolute Gasteiger partial charge is 0.226 e. The van der Waals surface area contributed by atoms with Crippen molar-refractivity contribution in [1.29, 1.82) is 0 Å². The first-order valence-electron chi connectivity index (χ1n) is 9.80. The number of ketones is 1. The first-order valence-corrected chi connectivity index (χ1v) is 10.2. The van der Waals surface area contributed by atoms with Gasteiger partial charge in [0.2, 0.25) is 11.9 Å². The number of aryl methyl sites for hydroxylation is 1. The SMILES string of the molecule is CCC(=O)N(C)c1ccc(-c2ccc(C(=O)CCc3cccnc3F)c(Cl)c2)cc1F. The highest BCUT2D eigenvalue weighted by Gasteiger charge is 2.16. The Morgan fingerprint density at radius 3 is 2.42 bits per heavy atom. The Morgan fingerprint density at radius 1 is 1.06 bits per heavy atom. The summed E-state index contributed by atoms with van der Waals surface area (Å²) in [6.07, 6.45) is 1.93. The van der Waals surface area contributed by atoms with Gasteiger partial charge in [-0.1, -0.05) is 36.7 Å². The number of amides is 1. The van der Waals surface area contributed by atoms with Gasteiger partial charge in [0.1, 0.15) is 5.82 Å². The molecule has 4 nitrogen and oxygen atoms in total. The summed E-state index contributed by atoms with van der Waals surface area (Å²) in [4.78, 5) is 29.2. The molecule has 0 saturated heterocycles. The van der Waals surface area contributed by atoms with Crippen LogP contribution in [0.4, 0.5) is 14.5 Å². The molecule has 3 aromatic rings. The summed E-state index contributed by atoms with van der Waals surface area (Å²) in [6.45, 7) is 1.71. The van der Waals surface area contributed by atoms with Crippen molar-refractivity contribution in [2.45, 2.75) is 26.2 Å². The standard InChI is InChI=1S/C24H21ClF2N2O2/c1-3-23(31)29(2)21-10-7-17(14-20(21)26)16-6-9-18(19(25)13-16)22(30)11-8-15-5-4-12-28-24(15)27/h4-7,9-10,12-14H,3,8,11H2,1-2H3. The minimum absolute atomic E-state index is 0.0861. The Balaban J connectivity index is 1.77. The van der Waals surface area contributed by atoms with Crippen LogP contribution in [0, 0.1) is 11.8 Å². The second-order valence-corrected chi connectivity index (χ2v) is 7.45. The predicted octanol–water partition coefficient (Wildman–Crippen LogP) is 5.87. The maximum atomic E-state index is 14.6. The Labute approximate surface area is 184 Å². The zero-order valence-corrected chi connectivity index (χ0v) is 17.9. The fourth-order valence-electron chi connectivity index (χ4n) is 3.24. The summed E-state index contributed by atoms with van der Waals surface area (Å²) in [7, 11) is 1.53. The minimum atomic E-state index is -0.589. The van der Waals surface area contributed by atoms with E-state index in [1.165, 1.54) is 30.3 Å². The minimum Gasteiger partial charge on any atom is -0.313 e. The van der Waals surface area contributed by atoms with Crippen molar-refractivity contribution in [1.82, 2.24) is 4.98 Å². The van der Waals surface area contributed by atoms with Gasteiger partial charge in [-0.25, -0.2) is 9.37 Å². The maximum absolute atomic E-state index is 14.6. The van der Waals surface area contributed by atoms with Crippen LogP contribution in [-0.4, -0.2) is 23.7 Å². The van der Waals surface area contributed by atoms with E-state index < -0.39 is 11.8 Å². The van der Waals surface area contributed by atoms with Crippen molar-refractivity contribution >= 4 is 29.0 Å². The van der Waals surface area contributed by atoms with E-state index in [2.05, 4.69) is 4.98 Å². The molecule has 0 N–H and O–H groups in total. The average molecular weight is 443 g/mol. The second-order valence-electron chi connectivity index (χ2n) is 7.04. The summed E-state index contributed by atoms with van der Waals surface area (Å²) < 4.78 is 28.2. The first-order chi connectivity index (χ1) is 14.8. The van der Waals surface area contributed by atoms with Crippen molar-refractivity contribution in [2.24, 2.45) is 0 Å². The van der Waals surface area contributed by atoms with Crippen LogP contribution in [0.1, 0.15) is 35.7 Å².